The molecule has 1 aromatic heterocycles. The van der Waals surface area contributed by atoms with E-state index in [4.69, 9.17) is 5.14 Å². The van der Waals surface area contributed by atoms with Crippen molar-refractivity contribution in [3.63, 3.8) is 0 Å². The maximum absolute atomic E-state index is 11.3. The van der Waals surface area contributed by atoms with Crippen molar-refractivity contribution >= 4 is 26.9 Å². The smallest absolute Gasteiger partial charge is 0.238 e. The first-order chi connectivity index (χ1) is 13.5. The zero-order chi connectivity index (χ0) is 20.0. The first-order valence-electron chi connectivity index (χ1n) is 9.08. The summed E-state index contributed by atoms with van der Waals surface area (Å²) in [5.41, 5.74) is 3.44. The summed E-state index contributed by atoms with van der Waals surface area (Å²) in [6, 6.07) is 14.9. The normalized spacial score (nSPS) is 12.3. The second-order valence-electron chi connectivity index (χ2n) is 6.47. The highest BCUT2D eigenvalue weighted by molar-refractivity contribution is 7.89. The summed E-state index contributed by atoms with van der Waals surface area (Å²) in [5.74, 6) is 0.737. The maximum atomic E-state index is 11.3. The second kappa shape index (κ2) is 8.90. The van der Waals surface area contributed by atoms with Gasteiger partial charge >= 0.3 is 0 Å². The van der Waals surface area contributed by atoms with E-state index in [1.165, 1.54) is 23.1 Å². The van der Waals surface area contributed by atoms with Crippen LogP contribution < -0.4 is 15.8 Å². The molecule has 0 saturated heterocycles. The van der Waals surface area contributed by atoms with Crippen molar-refractivity contribution in [2.24, 2.45) is 10.1 Å². The number of nitrogens with two attached hydrogens (primary N) is 1. The number of hydrogen-bond acceptors (Lipinski definition) is 3. The van der Waals surface area contributed by atoms with Gasteiger partial charge in [-0.2, -0.15) is 0 Å². The van der Waals surface area contributed by atoms with Gasteiger partial charge in [0.1, 0.15) is 0 Å². The molecular formula is C20H25N5O2S. The molecule has 0 aliphatic carbocycles. The molecule has 0 aliphatic heterocycles. The number of H-pyrrole nitrogens is 1. The minimum Gasteiger partial charge on any atom is -0.361 e. The van der Waals surface area contributed by atoms with Crippen LogP contribution in [0, 0.1) is 0 Å². The Balaban J connectivity index is 1.45. The molecule has 3 rings (SSSR count). The van der Waals surface area contributed by atoms with Crippen LogP contribution in [0.15, 0.2) is 64.6 Å². The Hall–Kier alpha value is -2.84. The number of para-hydroxylation sites is 1. The molecule has 3 aromatic rings. The van der Waals surface area contributed by atoms with E-state index in [9.17, 15) is 8.42 Å². The second-order valence-corrected chi connectivity index (χ2v) is 8.04. The lowest BCUT2D eigenvalue weighted by Gasteiger charge is -2.12. The molecule has 0 radical (unpaired) electrons. The van der Waals surface area contributed by atoms with E-state index in [1.807, 2.05) is 18.3 Å². The van der Waals surface area contributed by atoms with E-state index in [2.05, 4.69) is 32.7 Å². The average molecular weight is 400 g/mol. The summed E-state index contributed by atoms with van der Waals surface area (Å²) < 4.78 is 22.6. The molecule has 0 amide bonds. The Kier molecular flexibility index (Phi) is 6.33. The fourth-order valence-corrected chi connectivity index (χ4v) is 3.56. The lowest BCUT2D eigenvalue weighted by molar-refractivity contribution is 0.598. The minimum atomic E-state index is -3.65. The number of benzene rings is 2. The molecule has 5 N–H and O–H groups in total. The van der Waals surface area contributed by atoms with Crippen LogP contribution >= 0.6 is 0 Å². The predicted molar refractivity (Wildman–Crippen MR) is 113 cm³/mol. The zero-order valence-electron chi connectivity index (χ0n) is 15.8. The summed E-state index contributed by atoms with van der Waals surface area (Å²) in [5, 5.41) is 12.9. The van der Waals surface area contributed by atoms with Gasteiger partial charge in [0, 0.05) is 37.2 Å². The summed E-state index contributed by atoms with van der Waals surface area (Å²) in [4.78, 5) is 7.65. The van der Waals surface area contributed by atoms with Crippen LogP contribution in [-0.4, -0.2) is 39.5 Å². The molecule has 0 bridgehead atoms. The van der Waals surface area contributed by atoms with Gasteiger partial charge in [0.15, 0.2) is 5.96 Å². The number of sulfonamides is 1. The van der Waals surface area contributed by atoms with Crippen LogP contribution in [0.3, 0.4) is 0 Å². The summed E-state index contributed by atoms with van der Waals surface area (Å²) in [7, 11) is -1.91. The van der Waals surface area contributed by atoms with E-state index in [1.54, 1.807) is 19.2 Å². The number of aliphatic imine (C=N–C) groups is 1. The third kappa shape index (κ3) is 5.11. The first kappa shape index (κ1) is 19.9. The Bertz CT molecular complexity index is 1060. The highest BCUT2D eigenvalue weighted by atomic mass is 32.2. The number of rotatable bonds is 7. The van der Waals surface area contributed by atoms with Gasteiger partial charge in [0.05, 0.1) is 4.90 Å². The third-order valence-corrected chi connectivity index (χ3v) is 5.47. The summed E-state index contributed by atoms with van der Waals surface area (Å²) in [6.07, 6.45) is 3.68. The van der Waals surface area contributed by atoms with Crippen molar-refractivity contribution in [3.8, 4) is 0 Å². The van der Waals surface area contributed by atoms with E-state index < -0.39 is 10.0 Å². The monoisotopic (exact) mass is 399 g/mol. The highest BCUT2D eigenvalue weighted by Crippen LogP contribution is 2.17. The van der Waals surface area contributed by atoms with Crippen LogP contribution in [-0.2, 0) is 22.9 Å². The fourth-order valence-electron chi connectivity index (χ4n) is 3.05. The molecule has 28 heavy (non-hydrogen) atoms. The molecule has 1 heterocycles. The molecule has 0 saturated carbocycles. The maximum Gasteiger partial charge on any atom is 0.238 e. The number of aromatic nitrogens is 1. The molecule has 0 unspecified atom stereocenters. The number of nitrogens with one attached hydrogen (secondary N) is 3. The van der Waals surface area contributed by atoms with Crippen molar-refractivity contribution in [2.45, 2.75) is 17.7 Å². The van der Waals surface area contributed by atoms with Gasteiger partial charge in [0.2, 0.25) is 10.0 Å². The van der Waals surface area contributed by atoms with Crippen molar-refractivity contribution in [3.05, 3.63) is 65.9 Å². The van der Waals surface area contributed by atoms with Crippen LogP contribution in [0.5, 0.6) is 0 Å². The molecule has 148 valence electrons. The van der Waals surface area contributed by atoms with Gasteiger partial charge in [-0.1, -0.05) is 30.3 Å². The fraction of sp³-hybridized carbons (Fsp3) is 0.250. The van der Waals surface area contributed by atoms with Gasteiger partial charge in [0.25, 0.3) is 0 Å². The molecule has 0 fully saturated rings. The van der Waals surface area contributed by atoms with Gasteiger partial charge in [-0.15, -0.1) is 0 Å². The van der Waals surface area contributed by atoms with Crippen LogP contribution in [0.4, 0.5) is 0 Å². The summed E-state index contributed by atoms with van der Waals surface area (Å²) in [6.45, 7) is 1.45. The molecule has 2 aromatic carbocycles. The van der Waals surface area contributed by atoms with Gasteiger partial charge in [-0.3, -0.25) is 4.99 Å². The quantitative estimate of drug-likeness (QED) is 0.358. The number of nitrogens with zero attached hydrogens (tertiary/aromatic N) is 1. The molecule has 0 atom stereocenters. The molecule has 0 aliphatic rings. The van der Waals surface area contributed by atoms with Crippen LogP contribution in [0.1, 0.15) is 11.1 Å². The van der Waals surface area contributed by atoms with Gasteiger partial charge in [-0.05, 0) is 42.2 Å². The number of fused-ring (bicyclic) bond motifs is 1. The van der Waals surface area contributed by atoms with Crippen LogP contribution in [0.25, 0.3) is 10.9 Å². The Morgan fingerprint density at radius 2 is 1.71 bits per heavy atom. The van der Waals surface area contributed by atoms with Crippen LogP contribution in [0.2, 0.25) is 0 Å². The molecular weight excluding hydrogens is 374 g/mol. The first-order valence-corrected chi connectivity index (χ1v) is 10.6. The number of aromatic amines is 1. The standard InChI is InChI=1S/C20H25N5O2S/c1-22-20(23-12-10-15-6-8-17(9-7-15)28(21,26)27)24-13-11-16-14-25-19-5-3-2-4-18(16)19/h2-9,14,25H,10-13H2,1H3,(H2,21,26,27)(H2,22,23,24). The molecule has 8 heteroatoms. The minimum absolute atomic E-state index is 0.124. The average Bonchev–Trinajstić information content (AvgIpc) is 3.10. The number of hydrogen-bond donors (Lipinski definition) is 4. The van der Waals surface area contributed by atoms with E-state index in [-0.39, 0.29) is 4.90 Å². The zero-order valence-corrected chi connectivity index (χ0v) is 16.6. The topological polar surface area (TPSA) is 112 Å². The lowest BCUT2D eigenvalue weighted by Crippen LogP contribution is -2.39. The Morgan fingerprint density at radius 3 is 2.39 bits per heavy atom. The lowest BCUT2D eigenvalue weighted by atomic mass is 10.1. The number of guanidine groups is 1. The van der Waals surface area contributed by atoms with Crippen molar-refractivity contribution in [1.29, 1.82) is 0 Å². The highest BCUT2D eigenvalue weighted by Gasteiger charge is 2.07. The Labute approximate surface area is 165 Å². The molecule has 7 nitrogen and oxygen atoms in total. The Morgan fingerprint density at radius 1 is 1.04 bits per heavy atom. The van der Waals surface area contributed by atoms with Crippen molar-refractivity contribution in [1.82, 2.24) is 15.6 Å². The number of primary sulfonamides is 1. The van der Waals surface area contributed by atoms with Gasteiger partial charge < -0.3 is 15.6 Å². The van der Waals surface area contributed by atoms with E-state index in [0.29, 0.717) is 6.54 Å². The SMILES string of the molecule is CN=C(NCCc1ccc(S(N)(=O)=O)cc1)NCCc1c[nH]c2ccccc12. The van der Waals surface area contributed by atoms with Crippen molar-refractivity contribution in [2.75, 3.05) is 20.1 Å². The van der Waals surface area contributed by atoms with E-state index in [0.717, 1.165) is 36.4 Å². The van der Waals surface area contributed by atoms with Crippen molar-refractivity contribution < 1.29 is 8.42 Å². The molecule has 0 spiro atoms. The van der Waals surface area contributed by atoms with E-state index >= 15 is 0 Å². The predicted octanol–water partition coefficient (Wildman–Crippen LogP) is 1.77. The summed E-state index contributed by atoms with van der Waals surface area (Å²) >= 11 is 0. The third-order valence-electron chi connectivity index (χ3n) is 4.54. The van der Waals surface area contributed by atoms with Gasteiger partial charge in [-0.25, -0.2) is 13.6 Å². The largest absolute Gasteiger partial charge is 0.361 e.